The summed E-state index contributed by atoms with van der Waals surface area (Å²) in [6, 6.07) is 11.5. The predicted molar refractivity (Wildman–Crippen MR) is 97.9 cm³/mol. The molecule has 1 fully saturated rings. The molecular formula is C19H19NO5S. The second-order valence-electron chi connectivity index (χ2n) is 5.96. The molecule has 0 radical (unpaired) electrons. The Morgan fingerprint density at radius 1 is 1.15 bits per heavy atom. The van der Waals surface area contributed by atoms with E-state index in [1.807, 2.05) is 41.3 Å². The molecule has 26 heavy (non-hydrogen) atoms. The van der Waals surface area contributed by atoms with Gasteiger partial charge in [-0.3, -0.25) is 4.79 Å². The SMILES string of the molecule is COc1cccc(C2SCC(=O)N2Cc2ccc3c(c2)OCO3)c1OC. The van der Waals surface area contributed by atoms with Gasteiger partial charge in [0.05, 0.1) is 20.0 Å². The Balaban J connectivity index is 1.64. The zero-order valence-corrected chi connectivity index (χ0v) is 15.4. The zero-order valence-electron chi connectivity index (χ0n) is 14.6. The number of para-hydroxylation sites is 1. The summed E-state index contributed by atoms with van der Waals surface area (Å²) in [6.07, 6.45) is 0. The van der Waals surface area contributed by atoms with Gasteiger partial charge in [-0.05, 0) is 23.8 Å². The largest absolute Gasteiger partial charge is 0.493 e. The van der Waals surface area contributed by atoms with Crippen molar-refractivity contribution in [1.82, 2.24) is 4.90 Å². The van der Waals surface area contributed by atoms with Crippen molar-refractivity contribution in [3.05, 3.63) is 47.5 Å². The molecule has 6 nitrogen and oxygen atoms in total. The van der Waals surface area contributed by atoms with E-state index in [0.29, 0.717) is 23.8 Å². The lowest BCUT2D eigenvalue weighted by Crippen LogP contribution is -2.27. The van der Waals surface area contributed by atoms with Gasteiger partial charge in [0.25, 0.3) is 0 Å². The highest BCUT2D eigenvalue weighted by Gasteiger charge is 2.35. The predicted octanol–water partition coefficient (Wildman–Crippen LogP) is 3.21. The van der Waals surface area contributed by atoms with Gasteiger partial charge in [-0.25, -0.2) is 0 Å². The van der Waals surface area contributed by atoms with Crippen molar-refractivity contribution in [2.75, 3.05) is 26.8 Å². The maximum atomic E-state index is 12.5. The quantitative estimate of drug-likeness (QED) is 0.802. The molecule has 2 heterocycles. The summed E-state index contributed by atoms with van der Waals surface area (Å²) in [4.78, 5) is 14.4. The van der Waals surface area contributed by atoms with Crippen LogP contribution in [-0.2, 0) is 11.3 Å². The molecule has 0 spiro atoms. The van der Waals surface area contributed by atoms with E-state index in [4.69, 9.17) is 18.9 Å². The molecule has 4 rings (SSSR count). The van der Waals surface area contributed by atoms with Gasteiger partial charge in [0.1, 0.15) is 5.37 Å². The van der Waals surface area contributed by atoms with Crippen molar-refractivity contribution in [2.24, 2.45) is 0 Å². The zero-order chi connectivity index (χ0) is 18.1. The lowest BCUT2D eigenvalue weighted by atomic mass is 10.1. The molecule has 0 N–H and O–H groups in total. The van der Waals surface area contributed by atoms with Crippen molar-refractivity contribution in [2.45, 2.75) is 11.9 Å². The smallest absolute Gasteiger partial charge is 0.234 e. The number of carbonyl (C=O) groups is 1. The number of fused-ring (bicyclic) bond motifs is 1. The lowest BCUT2D eigenvalue weighted by Gasteiger charge is -2.26. The first-order valence-corrected chi connectivity index (χ1v) is 9.26. The van der Waals surface area contributed by atoms with Crippen LogP contribution in [0.4, 0.5) is 0 Å². The number of methoxy groups -OCH3 is 2. The minimum atomic E-state index is -0.127. The molecule has 7 heteroatoms. The van der Waals surface area contributed by atoms with E-state index in [2.05, 4.69) is 0 Å². The molecule has 0 aliphatic carbocycles. The van der Waals surface area contributed by atoms with E-state index in [1.54, 1.807) is 26.0 Å². The highest BCUT2D eigenvalue weighted by Crippen LogP contribution is 2.46. The average molecular weight is 373 g/mol. The molecule has 0 saturated carbocycles. The Bertz CT molecular complexity index is 841. The molecule has 2 aliphatic rings. The highest BCUT2D eigenvalue weighted by molar-refractivity contribution is 8.00. The van der Waals surface area contributed by atoms with Gasteiger partial charge >= 0.3 is 0 Å². The number of nitrogens with zero attached hydrogens (tertiary/aromatic N) is 1. The fourth-order valence-corrected chi connectivity index (χ4v) is 4.43. The summed E-state index contributed by atoms with van der Waals surface area (Å²) in [5, 5.41) is -0.127. The number of thioether (sulfide) groups is 1. The van der Waals surface area contributed by atoms with Crippen molar-refractivity contribution in [1.29, 1.82) is 0 Å². The van der Waals surface area contributed by atoms with Crippen molar-refractivity contribution in [3.8, 4) is 23.0 Å². The van der Waals surface area contributed by atoms with Crippen LogP contribution in [0, 0.1) is 0 Å². The molecule has 2 aromatic rings. The molecule has 2 aliphatic heterocycles. The van der Waals surface area contributed by atoms with E-state index >= 15 is 0 Å². The van der Waals surface area contributed by atoms with Gasteiger partial charge in [-0.15, -0.1) is 11.8 Å². The van der Waals surface area contributed by atoms with Crippen molar-refractivity contribution < 1.29 is 23.7 Å². The summed E-state index contributed by atoms with van der Waals surface area (Å²) >= 11 is 1.59. The molecular weight excluding hydrogens is 354 g/mol. The Hall–Kier alpha value is -2.54. The van der Waals surface area contributed by atoms with E-state index in [1.165, 1.54) is 0 Å². The molecule has 136 valence electrons. The van der Waals surface area contributed by atoms with Gasteiger partial charge in [-0.1, -0.05) is 18.2 Å². The highest BCUT2D eigenvalue weighted by atomic mass is 32.2. The lowest BCUT2D eigenvalue weighted by molar-refractivity contribution is -0.128. The minimum absolute atomic E-state index is 0.0996. The van der Waals surface area contributed by atoms with Gasteiger partial charge < -0.3 is 23.8 Å². The number of amides is 1. The first kappa shape index (κ1) is 16.9. The number of benzene rings is 2. The van der Waals surface area contributed by atoms with E-state index in [-0.39, 0.29) is 18.1 Å². The normalized spacial score (nSPS) is 18.3. The molecule has 0 bridgehead atoms. The summed E-state index contributed by atoms with van der Waals surface area (Å²) < 4.78 is 21.8. The van der Waals surface area contributed by atoms with Crippen LogP contribution in [0.1, 0.15) is 16.5 Å². The van der Waals surface area contributed by atoms with Crippen LogP contribution in [0.25, 0.3) is 0 Å². The first-order chi connectivity index (χ1) is 12.7. The Morgan fingerprint density at radius 3 is 2.81 bits per heavy atom. The third-order valence-electron chi connectivity index (χ3n) is 4.46. The third-order valence-corrected chi connectivity index (χ3v) is 5.70. The summed E-state index contributed by atoms with van der Waals surface area (Å²) in [6.45, 7) is 0.731. The number of hydrogen-bond donors (Lipinski definition) is 0. The molecule has 1 unspecified atom stereocenters. The summed E-state index contributed by atoms with van der Waals surface area (Å²) in [7, 11) is 3.23. The fraction of sp³-hybridized carbons (Fsp3) is 0.316. The number of carbonyl (C=O) groups excluding carboxylic acids is 1. The topological polar surface area (TPSA) is 57.2 Å². The van der Waals surface area contributed by atoms with E-state index < -0.39 is 0 Å². The number of rotatable bonds is 5. The van der Waals surface area contributed by atoms with Crippen LogP contribution in [0.5, 0.6) is 23.0 Å². The van der Waals surface area contributed by atoms with Crippen molar-refractivity contribution in [3.63, 3.8) is 0 Å². The minimum Gasteiger partial charge on any atom is -0.493 e. The van der Waals surface area contributed by atoms with Crippen LogP contribution < -0.4 is 18.9 Å². The van der Waals surface area contributed by atoms with Crippen molar-refractivity contribution >= 4 is 17.7 Å². The maximum Gasteiger partial charge on any atom is 0.234 e. The Labute approximate surface area is 156 Å². The first-order valence-electron chi connectivity index (χ1n) is 8.21. The summed E-state index contributed by atoms with van der Waals surface area (Å²) in [5.74, 6) is 3.32. The number of hydrogen-bond acceptors (Lipinski definition) is 6. The van der Waals surface area contributed by atoms with Gasteiger partial charge in [0, 0.05) is 12.1 Å². The Kier molecular flexibility index (Phi) is 4.55. The second kappa shape index (κ2) is 6.99. The fourth-order valence-electron chi connectivity index (χ4n) is 3.23. The number of ether oxygens (including phenoxy) is 4. The van der Waals surface area contributed by atoms with E-state index in [9.17, 15) is 4.79 Å². The van der Waals surface area contributed by atoms with Crippen LogP contribution in [0.3, 0.4) is 0 Å². The summed E-state index contributed by atoms with van der Waals surface area (Å²) in [5.41, 5.74) is 1.93. The molecule has 1 amide bonds. The average Bonchev–Trinajstić information content (AvgIpc) is 3.27. The van der Waals surface area contributed by atoms with Gasteiger partial charge in [-0.2, -0.15) is 0 Å². The third kappa shape index (κ3) is 2.92. The monoisotopic (exact) mass is 373 g/mol. The van der Waals surface area contributed by atoms with Crippen LogP contribution in [-0.4, -0.2) is 37.6 Å². The maximum absolute atomic E-state index is 12.5. The molecule has 2 aromatic carbocycles. The second-order valence-corrected chi connectivity index (χ2v) is 7.02. The van der Waals surface area contributed by atoms with Gasteiger partial charge in [0.2, 0.25) is 12.7 Å². The Morgan fingerprint density at radius 2 is 2.00 bits per heavy atom. The molecule has 1 atom stereocenters. The molecule has 0 aromatic heterocycles. The van der Waals surface area contributed by atoms with Gasteiger partial charge in [0.15, 0.2) is 23.0 Å². The standard InChI is InChI=1S/C19H19NO5S/c1-22-15-5-3-4-13(18(15)23-2)19-20(17(21)10-26-19)9-12-6-7-14-16(8-12)25-11-24-14/h3-8,19H,9-11H2,1-2H3. The van der Waals surface area contributed by atoms with Crippen LogP contribution >= 0.6 is 11.8 Å². The van der Waals surface area contributed by atoms with Crippen LogP contribution in [0.2, 0.25) is 0 Å². The van der Waals surface area contributed by atoms with E-state index in [0.717, 1.165) is 22.6 Å². The van der Waals surface area contributed by atoms with Crippen LogP contribution in [0.15, 0.2) is 36.4 Å². The molecule has 1 saturated heterocycles.